The average molecular weight is 415 g/mol. The highest BCUT2D eigenvalue weighted by Gasteiger charge is 2.31. The molecule has 1 fully saturated rings. The van der Waals surface area contributed by atoms with E-state index in [1.54, 1.807) is 0 Å². The van der Waals surface area contributed by atoms with Crippen molar-refractivity contribution >= 4 is 32.5 Å². The third-order valence-corrected chi connectivity index (χ3v) is 6.70. The number of nitrogens with zero attached hydrogens (tertiary/aromatic N) is 4. The van der Waals surface area contributed by atoms with Crippen molar-refractivity contribution in [2.24, 2.45) is 0 Å². The molecule has 0 unspecified atom stereocenters. The van der Waals surface area contributed by atoms with Gasteiger partial charge < -0.3 is 5.32 Å². The Morgan fingerprint density at radius 1 is 1.24 bits per heavy atom. The highest BCUT2D eigenvalue weighted by atomic mass is 32.2. The normalized spacial score (nSPS) is 18.2. The van der Waals surface area contributed by atoms with E-state index >= 15 is 0 Å². The van der Waals surface area contributed by atoms with Crippen molar-refractivity contribution in [3.8, 4) is 0 Å². The monoisotopic (exact) mass is 415 g/mol. The number of carbonyl (C=O) groups is 1. The molecule has 1 aromatic carbocycles. The number of nitrogens with one attached hydrogen (secondary N) is 1. The predicted molar refractivity (Wildman–Crippen MR) is 109 cm³/mol. The summed E-state index contributed by atoms with van der Waals surface area (Å²) in [7, 11) is -3.09. The Morgan fingerprint density at radius 3 is 2.62 bits per heavy atom. The Bertz CT molecular complexity index is 1260. The SMILES string of the molecule is Cc1cc(C)cc(NC(=O)Cn2cnc3c(cnn3[C@H]3CCS(=O)(=O)C3)c2=O)c1. The summed E-state index contributed by atoms with van der Waals surface area (Å²) in [6, 6.07) is 5.39. The molecular formula is C19H21N5O4S. The number of hydrogen-bond acceptors (Lipinski definition) is 6. The van der Waals surface area contributed by atoms with Gasteiger partial charge in [0.25, 0.3) is 5.56 Å². The van der Waals surface area contributed by atoms with Gasteiger partial charge in [-0.2, -0.15) is 5.10 Å². The smallest absolute Gasteiger partial charge is 0.264 e. The Labute approximate surface area is 167 Å². The third kappa shape index (κ3) is 3.93. The molecule has 0 radical (unpaired) electrons. The first-order valence-electron chi connectivity index (χ1n) is 9.23. The standard InChI is InChI=1S/C19H21N5O4S/c1-12-5-13(2)7-14(6-12)22-17(25)9-23-11-20-18-16(19(23)26)8-21-24(18)15-3-4-29(27,28)10-15/h5-8,11,15H,3-4,9-10H2,1-2H3,(H,22,25)/t15-/m0/s1. The number of sulfone groups is 1. The summed E-state index contributed by atoms with van der Waals surface area (Å²) in [5, 5.41) is 7.24. The lowest BCUT2D eigenvalue weighted by atomic mass is 10.1. The molecule has 1 aliphatic rings. The molecule has 0 saturated carbocycles. The molecule has 10 heteroatoms. The van der Waals surface area contributed by atoms with Gasteiger partial charge >= 0.3 is 0 Å². The quantitative estimate of drug-likeness (QED) is 0.685. The lowest BCUT2D eigenvalue weighted by molar-refractivity contribution is -0.116. The first-order valence-corrected chi connectivity index (χ1v) is 11.1. The molecule has 0 bridgehead atoms. The number of anilines is 1. The Morgan fingerprint density at radius 2 is 1.97 bits per heavy atom. The van der Waals surface area contributed by atoms with E-state index < -0.39 is 15.4 Å². The van der Waals surface area contributed by atoms with Crippen LogP contribution >= 0.6 is 0 Å². The number of amides is 1. The molecule has 1 N–H and O–H groups in total. The Hall–Kier alpha value is -3.01. The first kappa shape index (κ1) is 19.3. The van der Waals surface area contributed by atoms with Crippen molar-refractivity contribution in [2.45, 2.75) is 32.9 Å². The lowest BCUT2D eigenvalue weighted by Crippen LogP contribution is -2.28. The molecule has 152 valence electrons. The van der Waals surface area contributed by atoms with Crippen molar-refractivity contribution in [2.75, 3.05) is 16.8 Å². The molecule has 1 amide bonds. The van der Waals surface area contributed by atoms with Crippen molar-refractivity contribution < 1.29 is 13.2 Å². The molecule has 1 atom stereocenters. The number of fused-ring (bicyclic) bond motifs is 1. The number of carbonyl (C=O) groups excluding carboxylic acids is 1. The maximum atomic E-state index is 12.8. The van der Waals surface area contributed by atoms with Crippen LogP contribution in [0.1, 0.15) is 23.6 Å². The van der Waals surface area contributed by atoms with Gasteiger partial charge in [-0.1, -0.05) is 6.07 Å². The summed E-state index contributed by atoms with van der Waals surface area (Å²) in [5.41, 5.74) is 2.68. The maximum Gasteiger partial charge on any atom is 0.264 e. The molecule has 0 spiro atoms. The van der Waals surface area contributed by atoms with Gasteiger partial charge in [0.05, 0.1) is 23.7 Å². The molecule has 3 aromatic rings. The summed E-state index contributed by atoms with van der Waals surface area (Å²) in [6.45, 7) is 3.70. The van der Waals surface area contributed by atoms with Crippen LogP contribution in [-0.4, -0.2) is 45.2 Å². The van der Waals surface area contributed by atoms with Gasteiger partial charge in [-0.05, 0) is 43.5 Å². The van der Waals surface area contributed by atoms with Crippen molar-refractivity contribution in [1.82, 2.24) is 19.3 Å². The fourth-order valence-electron chi connectivity index (χ4n) is 3.72. The van der Waals surface area contributed by atoms with Crippen LogP contribution in [-0.2, 0) is 21.2 Å². The van der Waals surface area contributed by atoms with Crippen molar-refractivity contribution in [1.29, 1.82) is 0 Å². The zero-order valence-electron chi connectivity index (χ0n) is 16.1. The van der Waals surface area contributed by atoms with Crippen LogP contribution in [0.2, 0.25) is 0 Å². The topological polar surface area (TPSA) is 116 Å². The summed E-state index contributed by atoms with van der Waals surface area (Å²) in [5.74, 6) is -0.241. The van der Waals surface area contributed by atoms with E-state index in [-0.39, 0.29) is 35.4 Å². The number of aryl methyl sites for hydroxylation is 2. The summed E-state index contributed by atoms with van der Waals surface area (Å²) in [6.07, 6.45) is 3.13. The third-order valence-electron chi connectivity index (χ3n) is 4.95. The second kappa shape index (κ2) is 7.11. The molecule has 1 aliphatic heterocycles. The second-order valence-electron chi connectivity index (χ2n) is 7.49. The van der Waals surface area contributed by atoms with Crippen LogP contribution < -0.4 is 10.9 Å². The predicted octanol–water partition coefficient (Wildman–Crippen LogP) is 1.21. The number of rotatable bonds is 4. The van der Waals surface area contributed by atoms with Gasteiger partial charge in [-0.15, -0.1) is 0 Å². The van der Waals surface area contributed by atoms with Crippen molar-refractivity contribution in [3.63, 3.8) is 0 Å². The van der Waals surface area contributed by atoms with E-state index in [2.05, 4.69) is 15.4 Å². The van der Waals surface area contributed by atoms with Gasteiger partial charge in [0.15, 0.2) is 15.5 Å². The molecule has 29 heavy (non-hydrogen) atoms. The van der Waals surface area contributed by atoms with Crippen LogP contribution in [0.4, 0.5) is 5.69 Å². The summed E-state index contributed by atoms with van der Waals surface area (Å²) >= 11 is 0. The van der Waals surface area contributed by atoms with Crippen LogP contribution in [0.15, 0.2) is 35.5 Å². The van der Waals surface area contributed by atoms with E-state index in [4.69, 9.17) is 0 Å². The molecule has 9 nitrogen and oxygen atoms in total. The zero-order chi connectivity index (χ0) is 20.8. The number of hydrogen-bond donors (Lipinski definition) is 1. The fraction of sp³-hybridized carbons (Fsp3) is 0.368. The van der Waals surface area contributed by atoms with Crippen LogP contribution in [0.25, 0.3) is 11.0 Å². The van der Waals surface area contributed by atoms with E-state index in [9.17, 15) is 18.0 Å². The minimum Gasteiger partial charge on any atom is -0.325 e. The van der Waals surface area contributed by atoms with E-state index in [1.165, 1.54) is 21.8 Å². The Balaban J connectivity index is 1.57. The van der Waals surface area contributed by atoms with Crippen molar-refractivity contribution in [3.05, 3.63) is 52.2 Å². The summed E-state index contributed by atoms with van der Waals surface area (Å²) < 4.78 is 26.2. The first-order chi connectivity index (χ1) is 13.7. The van der Waals surface area contributed by atoms with E-state index in [1.807, 2.05) is 32.0 Å². The van der Waals surface area contributed by atoms with Gasteiger partial charge in [0.2, 0.25) is 5.91 Å². The molecule has 1 saturated heterocycles. The largest absolute Gasteiger partial charge is 0.325 e. The second-order valence-corrected chi connectivity index (χ2v) is 9.71. The van der Waals surface area contributed by atoms with Gasteiger partial charge in [-0.3, -0.25) is 14.2 Å². The molecular weight excluding hydrogens is 394 g/mol. The fourth-order valence-corrected chi connectivity index (χ4v) is 5.41. The number of benzene rings is 1. The van der Waals surface area contributed by atoms with Crippen LogP contribution in [0.3, 0.4) is 0 Å². The highest BCUT2D eigenvalue weighted by Crippen LogP contribution is 2.25. The van der Waals surface area contributed by atoms with E-state index in [0.717, 1.165) is 11.1 Å². The summed E-state index contributed by atoms with van der Waals surface area (Å²) in [4.78, 5) is 29.4. The van der Waals surface area contributed by atoms with Gasteiger partial charge in [-0.25, -0.2) is 18.1 Å². The molecule has 0 aliphatic carbocycles. The number of aromatic nitrogens is 4. The minimum absolute atomic E-state index is 0.00708. The zero-order valence-corrected chi connectivity index (χ0v) is 16.9. The minimum atomic E-state index is -3.09. The molecule has 2 aromatic heterocycles. The molecule has 3 heterocycles. The van der Waals surface area contributed by atoms with Gasteiger partial charge in [0.1, 0.15) is 18.3 Å². The molecule has 4 rings (SSSR count). The van der Waals surface area contributed by atoms with Gasteiger partial charge in [0, 0.05) is 5.69 Å². The van der Waals surface area contributed by atoms with Crippen LogP contribution in [0, 0.1) is 13.8 Å². The van der Waals surface area contributed by atoms with E-state index in [0.29, 0.717) is 17.8 Å². The maximum absolute atomic E-state index is 12.8. The average Bonchev–Trinajstić information content (AvgIpc) is 3.19. The van der Waals surface area contributed by atoms with Crippen LogP contribution in [0.5, 0.6) is 0 Å². The Kier molecular flexibility index (Phi) is 4.73. The lowest BCUT2D eigenvalue weighted by Gasteiger charge is -2.11. The highest BCUT2D eigenvalue weighted by molar-refractivity contribution is 7.91.